The smallest absolute Gasteiger partial charge is 0.257 e. The summed E-state index contributed by atoms with van der Waals surface area (Å²) in [6.45, 7) is 2.73. The molecule has 0 saturated heterocycles. The van der Waals surface area contributed by atoms with Crippen LogP contribution in [0, 0.1) is 0 Å². The summed E-state index contributed by atoms with van der Waals surface area (Å²) in [5.74, 6) is 0.0939. The van der Waals surface area contributed by atoms with Crippen LogP contribution in [-0.4, -0.2) is 18.4 Å². The van der Waals surface area contributed by atoms with E-state index in [1.807, 2.05) is 18.2 Å². The lowest BCUT2D eigenvalue weighted by atomic mass is 10.1. The minimum atomic E-state index is -0.309. The van der Waals surface area contributed by atoms with Gasteiger partial charge >= 0.3 is 0 Å². The second kappa shape index (κ2) is 10.6. The summed E-state index contributed by atoms with van der Waals surface area (Å²) in [5, 5.41) is 5.67. The van der Waals surface area contributed by atoms with Crippen LogP contribution in [0.25, 0.3) is 0 Å². The third kappa shape index (κ3) is 5.70. The highest BCUT2D eigenvalue weighted by atomic mass is 79.9. The number of hydrogen-bond acceptors (Lipinski definition) is 3. The van der Waals surface area contributed by atoms with E-state index in [0.717, 1.165) is 12.8 Å². The van der Waals surface area contributed by atoms with Gasteiger partial charge in [0.05, 0.1) is 22.3 Å². The Bertz CT molecular complexity index is 1020. The van der Waals surface area contributed by atoms with Crippen molar-refractivity contribution in [1.82, 2.24) is 0 Å². The summed E-state index contributed by atoms with van der Waals surface area (Å²) in [7, 11) is 0. The number of para-hydroxylation sites is 2. The van der Waals surface area contributed by atoms with Crippen LogP contribution in [0.15, 0.2) is 77.3 Å². The largest absolute Gasteiger partial charge is 0.492 e. The Labute approximate surface area is 184 Å². The van der Waals surface area contributed by atoms with Crippen molar-refractivity contribution in [3.8, 4) is 5.75 Å². The summed E-state index contributed by atoms with van der Waals surface area (Å²) in [4.78, 5) is 25.5. The molecule has 0 atom stereocenters. The van der Waals surface area contributed by atoms with Gasteiger partial charge in [-0.05, 0) is 64.8 Å². The molecule has 3 aromatic rings. The highest BCUT2D eigenvalue weighted by Gasteiger charge is 2.15. The molecule has 154 valence electrons. The number of halogens is 1. The van der Waals surface area contributed by atoms with Gasteiger partial charge in [-0.2, -0.15) is 0 Å². The third-order valence-electron chi connectivity index (χ3n) is 4.40. The van der Waals surface area contributed by atoms with Gasteiger partial charge in [-0.1, -0.05) is 43.7 Å². The molecule has 0 radical (unpaired) electrons. The van der Waals surface area contributed by atoms with Gasteiger partial charge in [0, 0.05) is 11.3 Å². The number of unbranched alkanes of at least 4 members (excludes halogenated alkanes) is 1. The van der Waals surface area contributed by atoms with Crippen LogP contribution in [0.1, 0.15) is 40.5 Å². The van der Waals surface area contributed by atoms with Crippen molar-refractivity contribution in [3.05, 3.63) is 88.4 Å². The molecule has 3 aromatic carbocycles. The van der Waals surface area contributed by atoms with E-state index in [2.05, 4.69) is 33.5 Å². The van der Waals surface area contributed by atoms with E-state index in [-0.39, 0.29) is 11.8 Å². The van der Waals surface area contributed by atoms with E-state index in [9.17, 15) is 9.59 Å². The van der Waals surface area contributed by atoms with Crippen molar-refractivity contribution in [3.63, 3.8) is 0 Å². The molecule has 5 nitrogen and oxygen atoms in total. The summed E-state index contributed by atoms with van der Waals surface area (Å²) in [5.41, 5.74) is 1.97. The molecule has 0 fully saturated rings. The Hall–Kier alpha value is -3.12. The first-order chi connectivity index (χ1) is 14.6. The summed E-state index contributed by atoms with van der Waals surface area (Å²) >= 11 is 3.46. The maximum Gasteiger partial charge on any atom is 0.257 e. The minimum absolute atomic E-state index is 0.294. The van der Waals surface area contributed by atoms with E-state index in [1.165, 1.54) is 0 Å². The van der Waals surface area contributed by atoms with Gasteiger partial charge in [0.25, 0.3) is 11.8 Å². The SMILES string of the molecule is CCCCOc1ccc(C(=O)Nc2ccccc2C(=O)Nc2ccccc2)cc1Br. The molecule has 30 heavy (non-hydrogen) atoms. The maximum atomic E-state index is 12.8. The highest BCUT2D eigenvalue weighted by molar-refractivity contribution is 9.10. The zero-order valence-electron chi connectivity index (χ0n) is 16.7. The minimum Gasteiger partial charge on any atom is -0.492 e. The van der Waals surface area contributed by atoms with Crippen molar-refractivity contribution >= 4 is 39.1 Å². The summed E-state index contributed by atoms with van der Waals surface area (Å²) in [6.07, 6.45) is 2.02. The van der Waals surface area contributed by atoms with Crippen LogP contribution in [0.4, 0.5) is 11.4 Å². The molecule has 0 heterocycles. The lowest BCUT2D eigenvalue weighted by molar-refractivity contribution is 0.102. The van der Waals surface area contributed by atoms with Gasteiger partial charge < -0.3 is 15.4 Å². The van der Waals surface area contributed by atoms with E-state index in [0.29, 0.717) is 39.3 Å². The second-order valence-electron chi connectivity index (χ2n) is 6.67. The molecule has 0 aliphatic heterocycles. The van der Waals surface area contributed by atoms with E-state index in [1.54, 1.807) is 54.6 Å². The van der Waals surface area contributed by atoms with E-state index >= 15 is 0 Å². The highest BCUT2D eigenvalue weighted by Crippen LogP contribution is 2.27. The summed E-state index contributed by atoms with van der Waals surface area (Å²) < 4.78 is 6.42. The molecule has 0 aromatic heterocycles. The lowest BCUT2D eigenvalue weighted by Gasteiger charge is -2.13. The number of ether oxygens (including phenoxy) is 1. The van der Waals surface area contributed by atoms with Gasteiger partial charge in [0.1, 0.15) is 5.75 Å². The van der Waals surface area contributed by atoms with Crippen LogP contribution in [0.3, 0.4) is 0 Å². The monoisotopic (exact) mass is 466 g/mol. The fourth-order valence-corrected chi connectivity index (χ4v) is 3.28. The van der Waals surface area contributed by atoms with Gasteiger partial charge in [0.15, 0.2) is 0 Å². The van der Waals surface area contributed by atoms with Gasteiger partial charge in [0.2, 0.25) is 0 Å². The molecule has 3 rings (SSSR count). The number of hydrogen-bond donors (Lipinski definition) is 2. The second-order valence-corrected chi connectivity index (χ2v) is 7.52. The van der Waals surface area contributed by atoms with Crippen molar-refractivity contribution in [2.45, 2.75) is 19.8 Å². The molecule has 0 spiro atoms. The zero-order valence-corrected chi connectivity index (χ0v) is 18.2. The normalized spacial score (nSPS) is 10.3. The molecular weight excluding hydrogens is 444 g/mol. The zero-order chi connectivity index (χ0) is 21.3. The first-order valence-electron chi connectivity index (χ1n) is 9.77. The maximum absolute atomic E-state index is 12.8. The van der Waals surface area contributed by atoms with Crippen molar-refractivity contribution in [2.24, 2.45) is 0 Å². The molecule has 2 amide bonds. The Morgan fingerprint density at radius 1 is 0.900 bits per heavy atom. The lowest BCUT2D eigenvalue weighted by Crippen LogP contribution is -2.18. The van der Waals surface area contributed by atoms with E-state index in [4.69, 9.17) is 4.74 Å². The van der Waals surface area contributed by atoms with Crippen LogP contribution >= 0.6 is 15.9 Å². The Morgan fingerprint density at radius 2 is 1.63 bits per heavy atom. The van der Waals surface area contributed by atoms with Crippen LogP contribution in [0.5, 0.6) is 5.75 Å². The molecule has 0 bridgehead atoms. The van der Waals surface area contributed by atoms with Crippen LogP contribution in [0.2, 0.25) is 0 Å². The molecule has 0 aliphatic carbocycles. The molecular formula is C24H23BrN2O3. The van der Waals surface area contributed by atoms with E-state index < -0.39 is 0 Å². The molecule has 0 saturated carbocycles. The predicted molar refractivity (Wildman–Crippen MR) is 123 cm³/mol. The number of amides is 2. The average Bonchev–Trinajstić information content (AvgIpc) is 2.76. The molecule has 6 heteroatoms. The first-order valence-corrected chi connectivity index (χ1v) is 10.6. The van der Waals surface area contributed by atoms with Crippen molar-refractivity contribution in [2.75, 3.05) is 17.2 Å². The topological polar surface area (TPSA) is 67.4 Å². The standard InChI is InChI=1S/C24H23BrN2O3/c1-2-3-15-30-22-14-13-17(16-20(22)25)23(28)27-21-12-8-7-11-19(21)24(29)26-18-9-5-4-6-10-18/h4-14,16H,2-3,15H2,1H3,(H,26,29)(H,27,28). The quantitative estimate of drug-likeness (QED) is 0.392. The molecule has 0 aliphatic rings. The van der Waals surface area contributed by atoms with Gasteiger partial charge in [-0.3, -0.25) is 9.59 Å². The predicted octanol–water partition coefficient (Wildman–Crippen LogP) is 6.13. The number of benzene rings is 3. The Morgan fingerprint density at radius 3 is 2.37 bits per heavy atom. The number of anilines is 2. The Balaban J connectivity index is 1.73. The van der Waals surface area contributed by atoms with Crippen LogP contribution < -0.4 is 15.4 Å². The fraction of sp³-hybridized carbons (Fsp3) is 0.167. The van der Waals surface area contributed by atoms with Gasteiger partial charge in [-0.25, -0.2) is 0 Å². The van der Waals surface area contributed by atoms with Gasteiger partial charge in [-0.15, -0.1) is 0 Å². The number of carbonyl (C=O) groups excluding carboxylic acids is 2. The summed E-state index contributed by atoms with van der Waals surface area (Å²) in [6, 6.07) is 21.3. The fourth-order valence-electron chi connectivity index (χ4n) is 2.79. The third-order valence-corrected chi connectivity index (χ3v) is 5.02. The number of rotatable bonds is 8. The first kappa shape index (κ1) is 21.6. The Kier molecular flexibility index (Phi) is 7.63. The number of nitrogens with one attached hydrogen (secondary N) is 2. The molecule has 2 N–H and O–H groups in total. The molecule has 0 unspecified atom stereocenters. The number of carbonyl (C=O) groups is 2. The van der Waals surface area contributed by atoms with Crippen molar-refractivity contribution in [1.29, 1.82) is 0 Å². The van der Waals surface area contributed by atoms with Crippen molar-refractivity contribution < 1.29 is 14.3 Å². The van der Waals surface area contributed by atoms with Crippen LogP contribution in [-0.2, 0) is 0 Å². The average molecular weight is 467 g/mol.